The molecule has 0 amide bonds. The van der Waals surface area contributed by atoms with Crippen molar-refractivity contribution in [1.29, 1.82) is 10.8 Å². The van der Waals surface area contributed by atoms with Crippen LogP contribution in [0.5, 0.6) is 0 Å². The van der Waals surface area contributed by atoms with Crippen LogP contribution in [0.15, 0.2) is 58.3 Å². The van der Waals surface area contributed by atoms with Gasteiger partial charge in [0.15, 0.2) is 0 Å². The van der Waals surface area contributed by atoms with Gasteiger partial charge in [-0.1, -0.05) is 0 Å². The highest BCUT2D eigenvalue weighted by Gasteiger charge is 2.15. The van der Waals surface area contributed by atoms with Gasteiger partial charge in [-0.15, -0.1) is 0 Å². The van der Waals surface area contributed by atoms with Gasteiger partial charge in [0.2, 0.25) is 20.0 Å². The molecule has 0 spiro atoms. The molecular formula is C17H22N6O4S2. The van der Waals surface area contributed by atoms with Gasteiger partial charge >= 0.3 is 0 Å². The van der Waals surface area contributed by atoms with E-state index in [0.29, 0.717) is 11.1 Å². The summed E-state index contributed by atoms with van der Waals surface area (Å²) in [4.78, 5) is 0.0438. The first-order valence-electron chi connectivity index (χ1n) is 8.41. The highest BCUT2D eigenvalue weighted by molar-refractivity contribution is 7.89. The molecule has 0 aromatic heterocycles. The Balaban J connectivity index is 1.86. The third-order valence-corrected chi connectivity index (χ3v) is 6.84. The van der Waals surface area contributed by atoms with Gasteiger partial charge in [-0.3, -0.25) is 10.8 Å². The molecule has 0 radical (unpaired) electrons. The fraction of sp³-hybridized carbons (Fsp3) is 0.176. The number of rotatable bonds is 10. The van der Waals surface area contributed by atoms with E-state index in [0.717, 1.165) is 0 Å². The lowest BCUT2D eigenvalue weighted by molar-refractivity contribution is 0.572. The average molecular weight is 439 g/mol. The second-order valence-electron chi connectivity index (χ2n) is 6.03. The maximum atomic E-state index is 12.2. The smallest absolute Gasteiger partial charge is 0.240 e. The van der Waals surface area contributed by atoms with Gasteiger partial charge in [0.05, 0.1) is 9.79 Å². The molecule has 0 fully saturated rings. The first-order valence-corrected chi connectivity index (χ1v) is 11.4. The highest BCUT2D eigenvalue weighted by Crippen LogP contribution is 2.11. The van der Waals surface area contributed by atoms with E-state index >= 15 is 0 Å². The lowest BCUT2D eigenvalue weighted by atomic mass is 10.2. The van der Waals surface area contributed by atoms with E-state index in [-0.39, 0.29) is 41.0 Å². The Kier molecular flexibility index (Phi) is 7.08. The average Bonchev–Trinajstić information content (AvgIpc) is 2.67. The highest BCUT2D eigenvalue weighted by atomic mass is 32.2. The Bertz CT molecular complexity index is 1010. The lowest BCUT2D eigenvalue weighted by Crippen LogP contribution is -2.30. The normalized spacial score (nSPS) is 11.9. The van der Waals surface area contributed by atoms with Crippen molar-refractivity contribution in [3.8, 4) is 0 Å². The molecule has 156 valence electrons. The van der Waals surface area contributed by atoms with E-state index in [4.69, 9.17) is 22.3 Å². The van der Waals surface area contributed by atoms with Crippen molar-refractivity contribution in [2.75, 3.05) is 13.1 Å². The summed E-state index contributed by atoms with van der Waals surface area (Å²) < 4.78 is 53.6. The Labute approximate surface area is 169 Å². The van der Waals surface area contributed by atoms with E-state index in [1.54, 1.807) is 0 Å². The molecule has 0 aliphatic heterocycles. The monoisotopic (exact) mass is 438 g/mol. The molecule has 0 unspecified atom stereocenters. The van der Waals surface area contributed by atoms with Crippen LogP contribution in [0, 0.1) is 10.8 Å². The Morgan fingerprint density at radius 2 is 1.00 bits per heavy atom. The van der Waals surface area contributed by atoms with Crippen LogP contribution in [0.2, 0.25) is 0 Å². The summed E-state index contributed by atoms with van der Waals surface area (Å²) >= 11 is 0. The molecule has 2 rings (SSSR count). The zero-order valence-electron chi connectivity index (χ0n) is 15.3. The fourth-order valence-electron chi connectivity index (χ4n) is 2.30. The summed E-state index contributed by atoms with van der Waals surface area (Å²) in [6.45, 7) is 0.0607. The predicted octanol–water partition coefficient (Wildman–Crippen LogP) is -0.0984. The van der Waals surface area contributed by atoms with Crippen LogP contribution < -0.4 is 20.9 Å². The van der Waals surface area contributed by atoms with Crippen LogP contribution >= 0.6 is 0 Å². The number of amidine groups is 2. The predicted molar refractivity (Wildman–Crippen MR) is 110 cm³/mol. The summed E-state index contributed by atoms with van der Waals surface area (Å²) in [5, 5.41) is 14.6. The molecule has 8 N–H and O–H groups in total. The molecule has 0 atom stereocenters. The Morgan fingerprint density at radius 3 is 1.28 bits per heavy atom. The first kappa shape index (κ1) is 22.5. The van der Waals surface area contributed by atoms with Gasteiger partial charge < -0.3 is 11.5 Å². The topological polar surface area (TPSA) is 192 Å². The van der Waals surface area contributed by atoms with Crippen molar-refractivity contribution >= 4 is 31.7 Å². The Hall–Kier alpha value is -2.80. The van der Waals surface area contributed by atoms with Crippen molar-refractivity contribution in [2.45, 2.75) is 16.2 Å². The van der Waals surface area contributed by atoms with Crippen LogP contribution in [-0.2, 0) is 20.0 Å². The van der Waals surface area contributed by atoms with Crippen LogP contribution in [0.4, 0.5) is 0 Å². The summed E-state index contributed by atoms with van der Waals surface area (Å²) in [7, 11) is -7.51. The number of nitrogens with two attached hydrogens (primary N) is 2. The van der Waals surface area contributed by atoms with Crippen molar-refractivity contribution in [3.63, 3.8) is 0 Å². The lowest BCUT2D eigenvalue weighted by Gasteiger charge is -2.09. The van der Waals surface area contributed by atoms with E-state index < -0.39 is 20.0 Å². The van der Waals surface area contributed by atoms with Crippen molar-refractivity contribution < 1.29 is 16.8 Å². The molecule has 0 aliphatic rings. The van der Waals surface area contributed by atoms with Crippen LogP contribution in [0.3, 0.4) is 0 Å². The molecule has 2 aromatic carbocycles. The minimum atomic E-state index is -3.75. The molecule has 29 heavy (non-hydrogen) atoms. The van der Waals surface area contributed by atoms with Gasteiger partial charge in [0.1, 0.15) is 11.7 Å². The van der Waals surface area contributed by atoms with Crippen molar-refractivity contribution in [3.05, 3.63) is 59.7 Å². The molecule has 0 bridgehead atoms. The van der Waals surface area contributed by atoms with Crippen molar-refractivity contribution in [2.24, 2.45) is 11.5 Å². The molecule has 0 saturated heterocycles. The molecule has 12 heteroatoms. The molecule has 0 aliphatic carbocycles. The van der Waals surface area contributed by atoms with Gasteiger partial charge in [-0.05, 0) is 55.0 Å². The molecule has 10 nitrogen and oxygen atoms in total. The molecule has 2 aromatic rings. The first-order chi connectivity index (χ1) is 13.5. The van der Waals surface area contributed by atoms with Crippen LogP contribution in [0.25, 0.3) is 0 Å². The summed E-state index contributed by atoms with van der Waals surface area (Å²) in [5.41, 5.74) is 11.5. The number of nitrogen functional groups attached to an aromatic ring is 2. The Morgan fingerprint density at radius 1 is 0.690 bits per heavy atom. The summed E-state index contributed by atoms with van der Waals surface area (Å²) in [6, 6.07) is 11.1. The SMILES string of the molecule is N=C(N)c1ccc(S(=O)(=O)NCCCNS(=O)(=O)c2ccc(C(=N)N)cc2)cc1. The number of sulfonamides is 2. The standard InChI is InChI=1S/C17H22N6O4S2/c18-16(19)12-2-6-14(7-3-12)28(24,25)22-10-1-11-23-29(26,27)15-8-4-13(5-9-15)17(20)21/h2-9,22-23H,1,10-11H2,(H3,18,19)(H3,20,21). The molecule has 0 saturated carbocycles. The maximum Gasteiger partial charge on any atom is 0.240 e. The maximum absolute atomic E-state index is 12.2. The zero-order valence-corrected chi connectivity index (χ0v) is 17.0. The molecular weight excluding hydrogens is 416 g/mol. The minimum Gasteiger partial charge on any atom is -0.384 e. The summed E-state index contributed by atoms with van der Waals surface area (Å²) in [6.07, 6.45) is 0.232. The number of hydrogen-bond donors (Lipinski definition) is 6. The zero-order chi connectivity index (χ0) is 21.7. The van der Waals surface area contributed by atoms with Crippen molar-refractivity contribution in [1.82, 2.24) is 9.44 Å². The quantitative estimate of drug-likeness (QED) is 0.170. The van der Waals surface area contributed by atoms with Gasteiger partial charge in [0.25, 0.3) is 0 Å². The van der Waals surface area contributed by atoms with Gasteiger partial charge in [0, 0.05) is 24.2 Å². The second-order valence-corrected chi connectivity index (χ2v) is 9.56. The van der Waals surface area contributed by atoms with Crippen LogP contribution in [0.1, 0.15) is 17.5 Å². The minimum absolute atomic E-state index is 0.0219. The van der Waals surface area contributed by atoms with Gasteiger partial charge in [-0.25, -0.2) is 26.3 Å². The second kappa shape index (κ2) is 9.13. The van der Waals surface area contributed by atoms with Crippen LogP contribution in [-0.4, -0.2) is 41.6 Å². The number of nitrogens with one attached hydrogen (secondary N) is 4. The third kappa shape index (κ3) is 6.09. The van der Waals surface area contributed by atoms with Gasteiger partial charge in [-0.2, -0.15) is 0 Å². The van der Waals surface area contributed by atoms with E-state index in [1.165, 1.54) is 48.5 Å². The fourth-order valence-corrected chi connectivity index (χ4v) is 4.44. The third-order valence-electron chi connectivity index (χ3n) is 3.89. The van der Waals surface area contributed by atoms with E-state index in [2.05, 4.69) is 9.44 Å². The number of hydrogen-bond acceptors (Lipinski definition) is 6. The summed E-state index contributed by atoms with van der Waals surface area (Å²) in [5.74, 6) is -0.324. The largest absolute Gasteiger partial charge is 0.384 e. The molecule has 0 heterocycles. The van der Waals surface area contributed by atoms with E-state index in [1.807, 2.05) is 0 Å². The van der Waals surface area contributed by atoms with E-state index in [9.17, 15) is 16.8 Å². The number of benzene rings is 2.